The highest BCUT2D eigenvalue weighted by molar-refractivity contribution is 7.99. The van der Waals surface area contributed by atoms with Crippen molar-refractivity contribution in [3.05, 3.63) is 29.8 Å². The largest absolute Gasteiger partial charge is 0.494 e. The summed E-state index contributed by atoms with van der Waals surface area (Å²) >= 11 is 1.38. The predicted octanol–water partition coefficient (Wildman–Crippen LogP) is 2.99. The van der Waals surface area contributed by atoms with Crippen molar-refractivity contribution in [2.75, 3.05) is 20.0 Å². The maximum absolute atomic E-state index is 12.0. The first kappa shape index (κ1) is 14.1. The van der Waals surface area contributed by atoms with Crippen LogP contribution >= 0.6 is 11.8 Å². The molecular weight excluding hydrogens is 236 g/mol. The van der Waals surface area contributed by atoms with Gasteiger partial charge in [0.05, 0.1) is 6.61 Å². The molecule has 1 aromatic carbocycles. The van der Waals surface area contributed by atoms with Gasteiger partial charge < -0.3 is 9.47 Å². The van der Waals surface area contributed by atoms with Crippen molar-refractivity contribution in [1.82, 2.24) is 0 Å². The Morgan fingerprint density at radius 2 is 2.24 bits per heavy atom. The van der Waals surface area contributed by atoms with Crippen molar-refractivity contribution in [2.45, 2.75) is 18.8 Å². The third kappa shape index (κ3) is 4.06. The molecule has 0 N–H and O–H groups in total. The Hall–Kier alpha value is -1.00. The van der Waals surface area contributed by atoms with E-state index in [1.54, 1.807) is 12.1 Å². The number of hydrogen-bond acceptors (Lipinski definition) is 4. The van der Waals surface area contributed by atoms with Crippen LogP contribution in [0.1, 0.15) is 23.7 Å². The summed E-state index contributed by atoms with van der Waals surface area (Å²) in [6, 6.07) is 7.22. The second-order valence-electron chi connectivity index (χ2n) is 3.54. The number of ether oxygens (including phenoxy) is 2. The van der Waals surface area contributed by atoms with Crippen molar-refractivity contribution >= 4 is 17.5 Å². The Morgan fingerprint density at radius 3 is 2.82 bits per heavy atom. The summed E-state index contributed by atoms with van der Waals surface area (Å²) in [5, 5.41) is 0. The van der Waals surface area contributed by atoms with Crippen molar-refractivity contribution in [3.63, 3.8) is 0 Å². The first-order chi connectivity index (χ1) is 8.22. The number of methoxy groups -OCH3 is 1. The van der Waals surface area contributed by atoms with Crippen molar-refractivity contribution in [1.29, 1.82) is 0 Å². The second-order valence-corrected chi connectivity index (χ2v) is 4.44. The molecule has 0 aliphatic heterocycles. The molecule has 0 amide bonds. The van der Waals surface area contributed by atoms with Gasteiger partial charge in [-0.05, 0) is 24.8 Å². The zero-order valence-corrected chi connectivity index (χ0v) is 11.3. The number of rotatable bonds is 7. The maximum atomic E-state index is 12.0. The average molecular weight is 254 g/mol. The maximum Gasteiger partial charge on any atom is 0.201 e. The van der Waals surface area contributed by atoms with Gasteiger partial charge in [0, 0.05) is 12.7 Å². The standard InChI is InChI=1S/C13H18O3S/c1-4-8-16-11-7-5-6-10(9-11)12(14)13(15-2)17-3/h5-7,9,13H,4,8H2,1-3H3. The average Bonchev–Trinajstić information content (AvgIpc) is 2.38. The third-order valence-corrected chi connectivity index (χ3v) is 3.07. The Kier molecular flexibility index (Phi) is 6.08. The fourth-order valence-corrected chi connectivity index (χ4v) is 1.95. The van der Waals surface area contributed by atoms with Crippen LogP contribution in [-0.2, 0) is 4.74 Å². The first-order valence-corrected chi connectivity index (χ1v) is 6.84. The van der Waals surface area contributed by atoms with Gasteiger partial charge >= 0.3 is 0 Å². The Bertz CT molecular complexity index is 361. The van der Waals surface area contributed by atoms with Gasteiger partial charge in [0.15, 0.2) is 5.44 Å². The molecule has 4 heteroatoms. The molecule has 0 aliphatic rings. The number of thioether (sulfide) groups is 1. The van der Waals surface area contributed by atoms with Gasteiger partial charge in [0.25, 0.3) is 0 Å². The molecule has 0 radical (unpaired) electrons. The first-order valence-electron chi connectivity index (χ1n) is 5.55. The normalized spacial score (nSPS) is 12.2. The van der Waals surface area contributed by atoms with E-state index in [1.807, 2.05) is 25.3 Å². The van der Waals surface area contributed by atoms with E-state index in [0.717, 1.165) is 12.2 Å². The van der Waals surface area contributed by atoms with E-state index in [2.05, 4.69) is 0 Å². The third-order valence-electron chi connectivity index (χ3n) is 2.23. The minimum atomic E-state index is -0.448. The summed E-state index contributed by atoms with van der Waals surface area (Å²) in [4.78, 5) is 12.0. The van der Waals surface area contributed by atoms with Gasteiger partial charge in [-0.25, -0.2) is 0 Å². The van der Waals surface area contributed by atoms with Crippen LogP contribution in [0, 0.1) is 0 Å². The molecule has 0 aromatic heterocycles. The molecule has 0 aliphatic carbocycles. The van der Waals surface area contributed by atoms with E-state index in [9.17, 15) is 4.79 Å². The summed E-state index contributed by atoms with van der Waals surface area (Å²) in [6.07, 6.45) is 2.80. The summed E-state index contributed by atoms with van der Waals surface area (Å²) in [6.45, 7) is 2.71. The van der Waals surface area contributed by atoms with Gasteiger partial charge in [-0.2, -0.15) is 0 Å². The molecule has 17 heavy (non-hydrogen) atoms. The monoisotopic (exact) mass is 254 g/mol. The van der Waals surface area contributed by atoms with Crippen molar-refractivity contribution in [3.8, 4) is 5.75 Å². The molecule has 0 spiro atoms. The molecule has 0 heterocycles. The van der Waals surface area contributed by atoms with Crippen molar-refractivity contribution in [2.24, 2.45) is 0 Å². The quantitative estimate of drug-likeness (QED) is 0.553. The fraction of sp³-hybridized carbons (Fsp3) is 0.462. The highest BCUT2D eigenvalue weighted by atomic mass is 32.2. The summed E-state index contributed by atoms with van der Waals surface area (Å²) < 4.78 is 10.6. The minimum absolute atomic E-state index is 0.0260. The van der Waals surface area contributed by atoms with E-state index < -0.39 is 5.44 Å². The molecule has 0 fully saturated rings. The Labute approximate surface area is 106 Å². The molecule has 1 unspecified atom stereocenters. The van der Waals surface area contributed by atoms with Gasteiger partial charge in [-0.3, -0.25) is 4.79 Å². The number of carbonyl (C=O) groups excluding carboxylic acids is 1. The molecule has 0 saturated heterocycles. The lowest BCUT2D eigenvalue weighted by Gasteiger charge is -2.12. The molecule has 1 aromatic rings. The number of Topliss-reactive ketones (excluding diaryl/α,β-unsaturated/α-hetero) is 1. The molecular formula is C13H18O3S. The zero-order valence-electron chi connectivity index (χ0n) is 10.4. The summed E-state index contributed by atoms with van der Waals surface area (Å²) in [5.74, 6) is 0.704. The number of benzene rings is 1. The van der Waals surface area contributed by atoms with Crippen molar-refractivity contribution < 1.29 is 14.3 Å². The highest BCUT2D eigenvalue weighted by Gasteiger charge is 2.18. The predicted molar refractivity (Wildman–Crippen MR) is 70.9 cm³/mol. The van der Waals surface area contributed by atoms with Crippen LogP contribution in [0.2, 0.25) is 0 Å². The van der Waals surface area contributed by atoms with E-state index in [4.69, 9.17) is 9.47 Å². The van der Waals surface area contributed by atoms with Crippen LogP contribution in [-0.4, -0.2) is 31.2 Å². The zero-order chi connectivity index (χ0) is 12.7. The topological polar surface area (TPSA) is 35.5 Å². The van der Waals surface area contributed by atoms with Crippen LogP contribution in [0.3, 0.4) is 0 Å². The fourth-order valence-electron chi connectivity index (χ4n) is 1.41. The molecule has 1 rings (SSSR count). The lowest BCUT2D eigenvalue weighted by molar-refractivity contribution is 0.0794. The molecule has 0 bridgehead atoms. The molecule has 1 atom stereocenters. The minimum Gasteiger partial charge on any atom is -0.494 e. The highest BCUT2D eigenvalue weighted by Crippen LogP contribution is 2.19. The van der Waals surface area contributed by atoms with Gasteiger partial charge in [0.1, 0.15) is 5.75 Å². The van der Waals surface area contributed by atoms with E-state index in [1.165, 1.54) is 18.9 Å². The number of carbonyl (C=O) groups is 1. The van der Waals surface area contributed by atoms with Crippen LogP contribution in [0.15, 0.2) is 24.3 Å². The van der Waals surface area contributed by atoms with Gasteiger partial charge in [0.2, 0.25) is 5.78 Å². The Balaban J connectivity index is 2.79. The molecule has 3 nitrogen and oxygen atoms in total. The smallest absolute Gasteiger partial charge is 0.201 e. The lowest BCUT2D eigenvalue weighted by Crippen LogP contribution is -2.19. The van der Waals surface area contributed by atoms with Crippen LogP contribution in [0.4, 0.5) is 0 Å². The van der Waals surface area contributed by atoms with E-state index in [-0.39, 0.29) is 5.78 Å². The van der Waals surface area contributed by atoms with Gasteiger partial charge in [-0.1, -0.05) is 19.1 Å². The lowest BCUT2D eigenvalue weighted by atomic mass is 10.1. The summed E-state index contributed by atoms with van der Waals surface area (Å²) in [7, 11) is 1.54. The Morgan fingerprint density at radius 1 is 1.47 bits per heavy atom. The molecule has 0 saturated carbocycles. The summed E-state index contributed by atoms with van der Waals surface area (Å²) in [5.41, 5.74) is 0.177. The number of hydrogen-bond donors (Lipinski definition) is 0. The number of ketones is 1. The van der Waals surface area contributed by atoms with E-state index >= 15 is 0 Å². The SMILES string of the molecule is CCCOc1cccc(C(=O)C(OC)SC)c1. The molecule has 94 valence electrons. The van der Waals surface area contributed by atoms with Crippen LogP contribution in [0.5, 0.6) is 5.75 Å². The van der Waals surface area contributed by atoms with E-state index in [0.29, 0.717) is 12.2 Å². The van der Waals surface area contributed by atoms with Crippen LogP contribution < -0.4 is 4.74 Å². The van der Waals surface area contributed by atoms with Crippen LogP contribution in [0.25, 0.3) is 0 Å². The van der Waals surface area contributed by atoms with Gasteiger partial charge in [-0.15, -0.1) is 11.8 Å². The second kappa shape index (κ2) is 7.35.